The number of imidazole rings is 1. The van der Waals surface area contributed by atoms with Crippen LogP contribution in [0.25, 0.3) is 11.2 Å². The number of fused-ring (bicyclic) bond motifs is 2. The first kappa shape index (κ1) is 14.8. The van der Waals surface area contributed by atoms with Gasteiger partial charge in [0.1, 0.15) is 24.1 Å². The normalized spacial score (nSPS) is 32.3. The third kappa shape index (κ3) is 2.19. The van der Waals surface area contributed by atoms with Crippen LogP contribution in [0.3, 0.4) is 0 Å². The molecule has 0 spiro atoms. The summed E-state index contributed by atoms with van der Waals surface area (Å²) in [6.45, 7) is 3.54. The van der Waals surface area contributed by atoms with Crippen LogP contribution in [-0.4, -0.2) is 49.5 Å². The number of nitrogens with two attached hydrogens (primary N) is 1. The third-order valence-corrected chi connectivity index (χ3v) is 4.17. The summed E-state index contributed by atoms with van der Waals surface area (Å²) in [5.74, 6) is -1.45. The van der Waals surface area contributed by atoms with E-state index in [0.717, 1.165) is 0 Å². The van der Waals surface area contributed by atoms with Crippen LogP contribution in [0.1, 0.15) is 20.1 Å². The minimum absolute atomic E-state index is 0.235. The maximum absolute atomic E-state index is 11.7. The van der Waals surface area contributed by atoms with Crippen LogP contribution in [0.15, 0.2) is 12.7 Å². The molecule has 9 nitrogen and oxygen atoms in total. The van der Waals surface area contributed by atoms with Crippen molar-refractivity contribution in [2.45, 2.75) is 44.2 Å². The summed E-state index contributed by atoms with van der Waals surface area (Å²) in [7, 11) is 0. The average Bonchev–Trinajstić information content (AvgIpc) is 3.09. The molecule has 0 aliphatic carbocycles. The summed E-state index contributed by atoms with van der Waals surface area (Å²) < 4.78 is 19.1. The lowest BCUT2D eigenvalue weighted by molar-refractivity contribution is -0.196. The summed E-state index contributed by atoms with van der Waals surface area (Å²) in [6, 6.07) is 0. The van der Waals surface area contributed by atoms with Crippen molar-refractivity contribution in [2.24, 2.45) is 5.73 Å². The van der Waals surface area contributed by atoms with Gasteiger partial charge < -0.3 is 19.9 Å². The van der Waals surface area contributed by atoms with Crippen LogP contribution in [0.2, 0.25) is 5.15 Å². The van der Waals surface area contributed by atoms with E-state index in [1.54, 1.807) is 18.4 Å². The molecule has 0 unspecified atom stereocenters. The molecular formula is C13H14ClN5O4. The standard InChI is InChI=1S/C13H14ClN5O4/c1-13(2)22-6-7(10(15)20)21-12(8(6)23-13)19-4-18-5-9(14)16-3-17-11(5)19/h3-4,6-8,12H,1-2H3,(H2,15,20)/t6-,7+,8-,12-/m1/s1. The van der Waals surface area contributed by atoms with Crippen molar-refractivity contribution in [1.82, 2.24) is 19.5 Å². The van der Waals surface area contributed by atoms with Crippen molar-refractivity contribution in [3.05, 3.63) is 17.8 Å². The maximum Gasteiger partial charge on any atom is 0.249 e. The molecular weight excluding hydrogens is 326 g/mol. The van der Waals surface area contributed by atoms with E-state index >= 15 is 0 Å². The molecule has 4 rings (SSSR count). The monoisotopic (exact) mass is 339 g/mol. The highest BCUT2D eigenvalue weighted by Crippen LogP contribution is 2.43. The first-order valence-corrected chi connectivity index (χ1v) is 7.38. The lowest BCUT2D eigenvalue weighted by atomic mass is 10.1. The average molecular weight is 340 g/mol. The molecule has 2 aliphatic heterocycles. The van der Waals surface area contributed by atoms with Gasteiger partial charge in [-0.15, -0.1) is 0 Å². The number of ether oxygens (including phenoxy) is 3. The Balaban J connectivity index is 1.78. The minimum atomic E-state index is -0.915. The Morgan fingerprint density at radius 2 is 2.04 bits per heavy atom. The molecule has 2 aromatic heterocycles. The zero-order chi connectivity index (χ0) is 16.4. The number of nitrogens with zero attached hydrogens (tertiary/aromatic N) is 4. The highest BCUT2D eigenvalue weighted by Gasteiger charge is 2.57. The number of amides is 1. The van der Waals surface area contributed by atoms with E-state index in [-0.39, 0.29) is 5.15 Å². The zero-order valence-corrected chi connectivity index (χ0v) is 13.1. The van der Waals surface area contributed by atoms with Crippen molar-refractivity contribution in [1.29, 1.82) is 0 Å². The van der Waals surface area contributed by atoms with E-state index in [2.05, 4.69) is 15.0 Å². The van der Waals surface area contributed by atoms with Crippen molar-refractivity contribution in [3.63, 3.8) is 0 Å². The fraction of sp³-hybridized carbons (Fsp3) is 0.538. The van der Waals surface area contributed by atoms with E-state index in [1.807, 2.05) is 0 Å². The van der Waals surface area contributed by atoms with E-state index < -0.39 is 36.2 Å². The van der Waals surface area contributed by atoms with E-state index in [1.165, 1.54) is 12.7 Å². The Bertz CT molecular complexity index is 794. The van der Waals surface area contributed by atoms with Gasteiger partial charge in [0.2, 0.25) is 5.91 Å². The van der Waals surface area contributed by atoms with Gasteiger partial charge in [-0.2, -0.15) is 0 Å². The molecule has 2 aromatic rings. The van der Waals surface area contributed by atoms with Gasteiger partial charge in [-0.3, -0.25) is 9.36 Å². The summed E-state index contributed by atoms with van der Waals surface area (Å²) in [6.07, 6.45) is 0.162. The van der Waals surface area contributed by atoms with Crippen molar-refractivity contribution < 1.29 is 19.0 Å². The van der Waals surface area contributed by atoms with Gasteiger partial charge in [-0.25, -0.2) is 15.0 Å². The Labute approximate surface area is 135 Å². The molecule has 23 heavy (non-hydrogen) atoms. The number of primary amides is 1. The first-order valence-electron chi connectivity index (χ1n) is 7.01. The number of hydrogen-bond donors (Lipinski definition) is 1. The molecule has 122 valence electrons. The lowest BCUT2D eigenvalue weighted by Gasteiger charge is -2.23. The SMILES string of the molecule is CC1(C)O[C@@H]2[C@H](O1)[C@@H](C(N)=O)O[C@H]2n1cnc2c(Cl)ncnc21. The number of rotatable bonds is 2. The van der Waals surface area contributed by atoms with Gasteiger partial charge in [0, 0.05) is 0 Å². The lowest BCUT2D eigenvalue weighted by Crippen LogP contribution is -2.39. The molecule has 4 atom stereocenters. The topological polar surface area (TPSA) is 114 Å². The maximum atomic E-state index is 11.7. The van der Waals surface area contributed by atoms with Gasteiger partial charge in [0.05, 0.1) is 6.33 Å². The molecule has 2 N–H and O–H groups in total. The predicted molar refractivity (Wildman–Crippen MR) is 77.3 cm³/mol. The fourth-order valence-corrected chi connectivity index (χ4v) is 3.22. The van der Waals surface area contributed by atoms with Crippen LogP contribution in [-0.2, 0) is 19.0 Å². The highest BCUT2D eigenvalue weighted by atomic mass is 35.5. The van der Waals surface area contributed by atoms with Crippen LogP contribution < -0.4 is 5.73 Å². The van der Waals surface area contributed by atoms with Gasteiger partial charge in [-0.1, -0.05) is 11.6 Å². The molecule has 0 aromatic carbocycles. The van der Waals surface area contributed by atoms with Crippen LogP contribution >= 0.6 is 11.6 Å². The van der Waals surface area contributed by atoms with Crippen LogP contribution in [0, 0.1) is 0 Å². The van der Waals surface area contributed by atoms with E-state index in [9.17, 15) is 4.79 Å². The van der Waals surface area contributed by atoms with Gasteiger partial charge in [0.15, 0.2) is 28.9 Å². The quantitative estimate of drug-likeness (QED) is 0.786. The molecule has 10 heteroatoms. The molecule has 0 saturated carbocycles. The van der Waals surface area contributed by atoms with Crippen molar-refractivity contribution in [3.8, 4) is 0 Å². The Morgan fingerprint density at radius 3 is 2.78 bits per heavy atom. The largest absolute Gasteiger partial charge is 0.367 e. The summed E-state index contributed by atoms with van der Waals surface area (Å²) in [4.78, 5) is 23.9. The number of carbonyl (C=O) groups is 1. The van der Waals surface area contributed by atoms with Crippen LogP contribution in [0.5, 0.6) is 0 Å². The fourth-order valence-electron chi connectivity index (χ4n) is 3.04. The smallest absolute Gasteiger partial charge is 0.249 e. The van der Waals surface area contributed by atoms with Gasteiger partial charge in [0.25, 0.3) is 0 Å². The minimum Gasteiger partial charge on any atom is -0.367 e. The first-order chi connectivity index (χ1) is 10.9. The number of aromatic nitrogens is 4. The van der Waals surface area contributed by atoms with Crippen molar-refractivity contribution >= 4 is 28.7 Å². The molecule has 2 aliphatic rings. The number of hydrogen-bond acceptors (Lipinski definition) is 7. The highest BCUT2D eigenvalue weighted by molar-refractivity contribution is 6.33. The second kappa shape index (κ2) is 4.84. The molecule has 4 heterocycles. The molecule has 2 saturated heterocycles. The summed E-state index contributed by atoms with van der Waals surface area (Å²) in [5, 5.41) is 0.235. The Kier molecular flexibility index (Phi) is 3.11. The Hall–Kier alpha value is -1.81. The van der Waals surface area contributed by atoms with Crippen molar-refractivity contribution in [2.75, 3.05) is 0 Å². The zero-order valence-electron chi connectivity index (χ0n) is 12.3. The van der Waals surface area contributed by atoms with E-state index in [0.29, 0.717) is 11.2 Å². The molecule has 0 radical (unpaired) electrons. The third-order valence-electron chi connectivity index (χ3n) is 3.90. The number of halogens is 1. The van der Waals surface area contributed by atoms with Crippen LogP contribution in [0.4, 0.5) is 0 Å². The molecule has 1 amide bonds. The molecule has 2 fully saturated rings. The predicted octanol–water partition coefficient (Wildman–Crippen LogP) is 0.382. The summed E-state index contributed by atoms with van der Waals surface area (Å²) >= 11 is 6.01. The van der Waals surface area contributed by atoms with E-state index in [4.69, 9.17) is 31.5 Å². The molecule has 0 bridgehead atoms. The van der Waals surface area contributed by atoms with Gasteiger partial charge in [-0.05, 0) is 13.8 Å². The Morgan fingerprint density at radius 1 is 1.30 bits per heavy atom. The van der Waals surface area contributed by atoms with Gasteiger partial charge >= 0.3 is 0 Å². The second-order valence-corrected chi connectivity index (χ2v) is 6.26. The number of carbonyl (C=O) groups excluding carboxylic acids is 1. The summed E-state index contributed by atoms with van der Waals surface area (Å²) in [5.41, 5.74) is 6.34. The second-order valence-electron chi connectivity index (χ2n) is 5.90.